The van der Waals surface area contributed by atoms with Crippen LogP contribution >= 0.6 is 0 Å². The predicted molar refractivity (Wildman–Crippen MR) is 65.8 cm³/mol. The van der Waals surface area contributed by atoms with Crippen molar-refractivity contribution in [1.82, 2.24) is 5.32 Å². The summed E-state index contributed by atoms with van der Waals surface area (Å²) in [5.41, 5.74) is 0. The first-order valence-corrected chi connectivity index (χ1v) is 7.19. The number of hydrogen-bond donors (Lipinski definition) is 1. The van der Waals surface area contributed by atoms with E-state index in [0.29, 0.717) is 18.5 Å². The Balaban J connectivity index is 4.09. The molecule has 1 N–H and O–H groups in total. The lowest BCUT2D eigenvalue weighted by molar-refractivity contribution is 0.436. The van der Waals surface area contributed by atoms with Crippen LogP contribution in [0, 0.1) is 5.92 Å². The van der Waals surface area contributed by atoms with E-state index in [9.17, 15) is 8.42 Å². The maximum atomic E-state index is 11.8. The highest BCUT2D eigenvalue weighted by atomic mass is 32.2. The normalized spacial score (nSPS) is 15.7. The minimum Gasteiger partial charge on any atom is -0.313 e. The highest BCUT2D eigenvalue weighted by Gasteiger charge is 2.28. The molecule has 0 radical (unpaired) electrons. The summed E-state index contributed by atoms with van der Waals surface area (Å²) >= 11 is 0. The van der Waals surface area contributed by atoms with Crippen molar-refractivity contribution in [2.24, 2.45) is 5.92 Å². The molecule has 0 rings (SSSR count). The second kappa shape index (κ2) is 5.30. The summed E-state index contributed by atoms with van der Waals surface area (Å²) in [5.74, 6) is 0.746. The van der Waals surface area contributed by atoms with Gasteiger partial charge in [0.15, 0.2) is 9.84 Å². The van der Waals surface area contributed by atoms with Crippen LogP contribution in [0.15, 0.2) is 0 Å². The summed E-state index contributed by atoms with van der Waals surface area (Å²) in [4.78, 5) is 0. The Labute approximate surface area is 94.6 Å². The van der Waals surface area contributed by atoms with Gasteiger partial charge in [0.25, 0.3) is 0 Å². The van der Waals surface area contributed by atoms with Crippen LogP contribution in [0.5, 0.6) is 0 Å². The third-order valence-electron chi connectivity index (χ3n) is 2.77. The van der Waals surface area contributed by atoms with Crippen molar-refractivity contribution in [2.45, 2.75) is 52.3 Å². The Morgan fingerprint density at radius 1 is 1.13 bits per heavy atom. The SMILES string of the molecule is CC(C)C(C)NCCS(=O)(=O)C(C)(C)C. The summed E-state index contributed by atoms with van der Waals surface area (Å²) in [7, 11) is -2.98. The smallest absolute Gasteiger partial charge is 0.156 e. The van der Waals surface area contributed by atoms with E-state index in [1.165, 1.54) is 0 Å². The van der Waals surface area contributed by atoms with E-state index in [4.69, 9.17) is 0 Å². The molecule has 3 nitrogen and oxygen atoms in total. The van der Waals surface area contributed by atoms with Crippen molar-refractivity contribution >= 4 is 9.84 Å². The summed E-state index contributed by atoms with van der Waals surface area (Å²) in [6.45, 7) is 12.1. The average Bonchev–Trinajstić information content (AvgIpc) is 2.01. The van der Waals surface area contributed by atoms with Gasteiger partial charge in [-0.05, 0) is 33.6 Å². The zero-order valence-corrected chi connectivity index (χ0v) is 11.6. The molecule has 15 heavy (non-hydrogen) atoms. The van der Waals surface area contributed by atoms with E-state index in [1.807, 2.05) is 0 Å². The summed E-state index contributed by atoms with van der Waals surface area (Å²) < 4.78 is 22.9. The van der Waals surface area contributed by atoms with Crippen LogP contribution in [0.3, 0.4) is 0 Å². The predicted octanol–water partition coefficient (Wildman–Crippen LogP) is 1.83. The van der Waals surface area contributed by atoms with E-state index >= 15 is 0 Å². The van der Waals surface area contributed by atoms with Crippen molar-refractivity contribution in [1.29, 1.82) is 0 Å². The molecule has 1 atom stereocenters. The topological polar surface area (TPSA) is 46.2 Å². The Hall–Kier alpha value is -0.0900. The largest absolute Gasteiger partial charge is 0.313 e. The second-order valence-corrected chi connectivity index (χ2v) is 8.28. The van der Waals surface area contributed by atoms with Gasteiger partial charge in [-0.1, -0.05) is 13.8 Å². The van der Waals surface area contributed by atoms with E-state index in [1.54, 1.807) is 20.8 Å². The molecule has 0 aliphatic carbocycles. The highest BCUT2D eigenvalue weighted by molar-refractivity contribution is 7.92. The molecule has 0 bridgehead atoms. The van der Waals surface area contributed by atoms with Crippen molar-refractivity contribution in [3.05, 3.63) is 0 Å². The van der Waals surface area contributed by atoms with Crippen LogP contribution in [0.2, 0.25) is 0 Å². The maximum Gasteiger partial charge on any atom is 0.156 e. The summed E-state index contributed by atoms with van der Waals surface area (Å²) in [5, 5.41) is 3.23. The molecule has 0 aliphatic heterocycles. The average molecular weight is 235 g/mol. The number of sulfone groups is 1. The molecule has 92 valence electrons. The molecule has 0 amide bonds. The van der Waals surface area contributed by atoms with Crippen LogP contribution in [-0.4, -0.2) is 31.5 Å². The van der Waals surface area contributed by atoms with Gasteiger partial charge in [-0.15, -0.1) is 0 Å². The first kappa shape index (κ1) is 14.9. The zero-order chi connectivity index (χ0) is 12.3. The lowest BCUT2D eigenvalue weighted by Gasteiger charge is -2.21. The third kappa shape index (κ3) is 4.98. The molecule has 0 aromatic carbocycles. The van der Waals surface area contributed by atoms with Crippen molar-refractivity contribution in [2.75, 3.05) is 12.3 Å². The minimum atomic E-state index is -2.98. The van der Waals surface area contributed by atoms with Crippen LogP contribution in [0.25, 0.3) is 0 Å². The van der Waals surface area contributed by atoms with Crippen molar-refractivity contribution in [3.63, 3.8) is 0 Å². The van der Waals surface area contributed by atoms with Gasteiger partial charge in [0.2, 0.25) is 0 Å². The molecule has 0 aromatic heterocycles. The van der Waals surface area contributed by atoms with Gasteiger partial charge in [0.1, 0.15) is 0 Å². The first-order valence-electron chi connectivity index (χ1n) is 5.53. The van der Waals surface area contributed by atoms with Gasteiger partial charge in [-0.25, -0.2) is 8.42 Å². The summed E-state index contributed by atoms with van der Waals surface area (Å²) in [6.07, 6.45) is 0. The lowest BCUT2D eigenvalue weighted by atomic mass is 10.1. The maximum absolute atomic E-state index is 11.8. The fourth-order valence-corrected chi connectivity index (χ4v) is 1.96. The zero-order valence-electron chi connectivity index (χ0n) is 10.8. The second-order valence-electron chi connectivity index (χ2n) is 5.42. The first-order chi connectivity index (χ1) is 6.58. The summed E-state index contributed by atoms with van der Waals surface area (Å²) in [6, 6.07) is 0.361. The molecule has 0 spiro atoms. The molecule has 0 saturated carbocycles. The van der Waals surface area contributed by atoms with Crippen LogP contribution in [-0.2, 0) is 9.84 Å². The fraction of sp³-hybridized carbons (Fsp3) is 1.00. The molecule has 0 saturated heterocycles. The quantitative estimate of drug-likeness (QED) is 0.791. The van der Waals surface area contributed by atoms with Crippen LogP contribution in [0.1, 0.15) is 41.5 Å². The van der Waals surface area contributed by atoms with Gasteiger partial charge >= 0.3 is 0 Å². The van der Waals surface area contributed by atoms with E-state index in [2.05, 4.69) is 26.1 Å². The van der Waals surface area contributed by atoms with Crippen molar-refractivity contribution < 1.29 is 8.42 Å². The van der Waals surface area contributed by atoms with Crippen LogP contribution in [0.4, 0.5) is 0 Å². The van der Waals surface area contributed by atoms with Crippen LogP contribution < -0.4 is 5.32 Å². The Morgan fingerprint density at radius 3 is 1.93 bits per heavy atom. The van der Waals surface area contributed by atoms with Gasteiger partial charge in [-0.2, -0.15) is 0 Å². The minimum absolute atomic E-state index is 0.216. The standard InChI is InChI=1S/C11H25NO2S/c1-9(2)10(3)12-7-8-15(13,14)11(4,5)6/h9-10,12H,7-8H2,1-6H3. The Morgan fingerprint density at radius 2 is 1.60 bits per heavy atom. The molecule has 4 heteroatoms. The van der Waals surface area contributed by atoms with Gasteiger partial charge in [0.05, 0.1) is 10.5 Å². The monoisotopic (exact) mass is 235 g/mol. The van der Waals surface area contributed by atoms with Crippen molar-refractivity contribution in [3.8, 4) is 0 Å². The molecule has 0 aliphatic rings. The molecule has 0 heterocycles. The Kier molecular flexibility index (Phi) is 5.27. The fourth-order valence-electron chi connectivity index (χ4n) is 0.963. The number of hydrogen-bond acceptors (Lipinski definition) is 3. The molecular weight excluding hydrogens is 210 g/mol. The van der Waals surface area contributed by atoms with Gasteiger partial charge in [-0.3, -0.25) is 0 Å². The highest BCUT2D eigenvalue weighted by Crippen LogP contribution is 2.15. The third-order valence-corrected chi connectivity index (χ3v) is 5.38. The molecule has 0 aromatic rings. The number of rotatable bonds is 5. The van der Waals surface area contributed by atoms with E-state index in [0.717, 1.165) is 0 Å². The van der Waals surface area contributed by atoms with Gasteiger partial charge in [0, 0.05) is 12.6 Å². The lowest BCUT2D eigenvalue weighted by Crippen LogP contribution is -2.38. The Bertz CT molecular complexity index is 275. The number of nitrogens with one attached hydrogen (secondary N) is 1. The van der Waals surface area contributed by atoms with Gasteiger partial charge < -0.3 is 5.32 Å². The molecular formula is C11H25NO2S. The molecule has 0 fully saturated rings. The molecule has 1 unspecified atom stereocenters. The van der Waals surface area contributed by atoms with E-state index < -0.39 is 14.6 Å². The van der Waals surface area contributed by atoms with E-state index in [-0.39, 0.29) is 5.75 Å².